The number of nitrogens with one attached hydrogen (secondary N) is 2. The highest BCUT2D eigenvalue weighted by molar-refractivity contribution is 6.02. The van der Waals surface area contributed by atoms with Crippen LogP contribution < -0.4 is 10.9 Å². The summed E-state index contributed by atoms with van der Waals surface area (Å²) < 4.78 is 0. The summed E-state index contributed by atoms with van der Waals surface area (Å²) in [6.45, 7) is 5.98. The Labute approximate surface area is 152 Å². The van der Waals surface area contributed by atoms with E-state index in [0.29, 0.717) is 17.1 Å². The van der Waals surface area contributed by atoms with Crippen molar-refractivity contribution in [2.75, 3.05) is 18.4 Å². The van der Waals surface area contributed by atoms with Gasteiger partial charge in [-0.1, -0.05) is 12.1 Å². The molecule has 0 aliphatic carbocycles. The first kappa shape index (κ1) is 18.3. The SMILES string of the molecule is Cc1nc(C(=O)Nc2cccc(CN3CCC(O)CC3)c2)c(=O)[nH]c1C. The maximum absolute atomic E-state index is 12.4. The molecule has 1 fully saturated rings. The van der Waals surface area contributed by atoms with Crippen LogP contribution in [0.1, 0.15) is 40.3 Å². The lowest BCUT2D eigenvalue weighted by molar-refractivity contribution is 0.0792. The summed E-state index contributed by atoms with van der Waals surface area (Å²) >= 11 is 0. The van der Waals surface area contributed by atoms with Gasteiger partial charge in [0.25, 0.3) is 11.5 Å². The zero-order valence-corrected chi connectivity index (χ0v) is 15.1. The van der Waals surface area contributed by atoms with E-state index in [9.17, 15) is 14.7 Å². The van der Waals surface area contributed by atoms with Crippen molar-refractivity contribution in [1.29, 1.82) is 0 Å². The molecular weight excluding hydrogens is 332 g/mol. The number of hydrogen-bond acceptors (Lipinski definition) is 5. The highest BCUT2D eigenvalue weighted by Gasteiger charge is 2.18. The zero-order chi connectivity index (χ0) is 18.7. The number of hydrogen-bond donors (Lipinski definition) is 3. The van der Waals surface area contributed by atoms with Gasteiger partial charge in [0.2, 0.25) is 0 Å². The van der Waals surface area contributed by atoms with Crippen molar-refractivity contribution in [3.8, 4) is 0 Å². The summed E-state index contributed by atoms with van der Waals surface area (Å²) in [5, 5.41) is 12.3. The monoisotopic (exact) mass is 356 g/mol. The molecule has 3 rings (SSSR count). The molecule has 0 spiro atoms. The minimum Gasteiger partial charge on any atom is -0.393 e. The van der Waals surface area contributed by atoms with Gasteiger partial charge in [-0.05, 0) is 44.4 Å². The van der Waals surface area contributed by atoms with Crippen LogP contribution in [0, 0.1) is 13.8 Å². The number of carbonyl (C=O) groups excluding carboxylic acids is 1. The average Bonchev–Trinajstić information content (AvgIpc) is 2.60. The number of likely N-dealkylation sites (tertiary alicyclic amines) is 1. The number of piperidine rings is 1. The van der Waals surface area contributed by atoms with Crippen LogP contribution in [0.2, 0.25) is 0 Å². The van der Waals surface area contributed by atoms with Crippen LogP contribution in [0.5, 0.6) is 0 Å². The minimum absolute atomic E-state index is 0.136. The van der Waals surface area contributed by atoms with Gasteiger partial charge in [0.1, 0.15) is 0 Å². The Morgan fingerprint density at radius 2 is 2.08 bits per heavy atom. The molecule has 138 valence electrons. The summed E-state index contributed by atoms with van der Waals surface area (Å²) in [7, 11) is 0. The number of benzene rings is 1. The first-order valence-electron chi connectivity index (χ1n) is 8.80. The van der Waals surface area contributed by atoms with Gasteiger partial charge < -0.3 is 15.4 Å². The average molecular weight is 356 g/mol. The van der Waals surface area contributed by atoms with Crippen molar-refractivity contribution in [1.82, 2.24) is 14.9 Å². The number of aromatic amines is 1. The van der Waals surface area contributed by atoms with Gasteiger partial charge in [-0.2, -0.15) is 0 Å². The number of amides is 1. The van der Waals surface area contributed by atoms with Gasteiger partial charge in [0.05, 0.1) is 11.8 Å². The number of aliphatic hydroxyl groups is 1. The Hall–Kier alpha value is -2.51. The van der Waals surface area contributed by atoms with Crippen molar-refractivity contribution in [3.63, 3.8) is 0 Å². The normalized spacial score (nSPS) is 15.8. The second-order valence-electron chi connectivity index (χ2n) is 6.79. The predicted octanol–water partition coefficient (Wildman–Crippen LogP) is 1.60. The van der Waals surface area contributed by atoms with Gasteiger partial charge >= 0.3 is 0 Å². The summed E-state index contributed by atoms with van der Waals surface area (Å²) in [6.07, 6.45) is 1.38. The molecule has 1 aromatic carbocycles. The molecule has 1 saturated heterocycles. The molecule has 7 heteroatoms. The standard InChI is InChI=1S/C19H24N4O3/c1-12-13(2)21-18(25)17(20-12)19(26)22-15-5-3-4-14(10-15)11-23-8-6-16(24)7-9-23/h3-5,10,16,24H,6-9,11H2,1-2H3,(H,21,25)(H,22,26). The lowest BCUT2D eigenvalue weighted by Gasteiger charge is -2.29. The van der Waals surface area contributed by atoms with E-state index in [1.807, 2.05) is 18.2 Å². The van der Waals surface area contributed by atoms with Crippen molar-refractivity contribution in [2.45, 2.75) is 39.3 Å². The number of rotatable bonds is 4. The molecule has 1 amide bonds. The third kappa shape index (κ3) is 4.36. The molecule has 0 atom stereocenters. The van der Waals surface area contributed by atoms with Crippen LogP contribution in [0.15, 0.2) is 29.1 Å². The van der Waals surface area contributed by atoms with Crippen LogP contribution >= 0.6 is 0 Å². The second-order valence-corrected chi connectivity index (χ2v) is 6.79. The highest BCUT2D eigenvalue weighted by atomic mass is 16.3. The van der Waals surface area contributed by atoms with Gasteiger partial charge in [-0.3, -0.25) is 14.5 Å². The molecule has 1 aromatic heterocycles. The molecular formula is C19H24N4O3. The fourth-order valence-corrected chi connectivity index (χ4v) is 3.05. The fourth-order valence-electron chi connectivity index (χ4n) is 3.05. The lowest BCUT2D eigenvalue weighted by atomic mass is 10.1. The molecule has 3 N–H and O–H groups in total. The van der Waals surface area contributed by atoms with Crippen LogP contribution in [-0.2, 0) is 6.54 Å². The number of carbonyl (C=O) groups is 1. The largest absolute Gasteiger partial charge is 0.393 e. The summed E-state index contributed by atoms with van der Waals surface area (Å²) in [6, 6.07) is 7.57. The molecule has 2 heterocycles. The number of aromatic nitrogens is 2. The van der Waals surface area contributed by atoms with E-state index in [-0.39, 0.29) is 11.8 Å². The predicted molar refractivity (Wildman–Crippen MR) is 99.2 cm³/mol. The van der Waals surface area contributed by atoms with E-state index in [0.717, 1.165) is 38.0 Å². The van der Waals surface area contributed by atoms with Gasteiger partial charge in [0, 0.05) is 31.0 Å². The molecule has 1 aliphatic rings. The van der Waals surface area contributed by atoms with E-state index in [2.05, 4.69) is 20.2 Å². The highest BCUT2D eigenvalue weighted by Crippen LogP contribution is 2.17. The summed E-state index contributed by atoms with van der Waals surface area (Å²) in [4.78, 5) is 33.4. The number of aliphatic hydroxyl groups excluding tert-OH is 1. The molecule has 0 unspecified atom stereocenters. The second kappa shape index (κ2) is 7.80. The van der Waals surface area contributed by atoms with E-state index in [4.69, 9.17) is 0 Å². The van der Waals surface area contributed by atoms with Crippen LogP contribution in [0.3, 0.4) is 0 Å². The quantitative estimate of drug-likeness (QED) is 0.773. The molecule has 0 saturated carbocycles. The number of aryl methyl sites for hydroxylation is 2. The van der Waals surface area contributed by atoms with Gasteiger partial charge in [-0.25, -0.2) is 4.98 Å². The number of nitrogens with zero attached hydrogens (tertiary/aromatic N) is 2. The molecule has 0 bridgehead atoms. The zero-order valence-electron chi connectivity index (χ0n) is 15.1. The third-order valence-corrected chi connectivity index (χ3v) is 4.70. The molecule has 26 heavy (non-hydrogen) atoms. The molecule has 1 aliphatic heterocycles. The van der Waals surface area contributed by atoms with Crippen LogP contribution in [-0.4, -0.2) is 45.1 Å². The van der Waals surface area contributed by atoms with E-state index < -0.39 is 11.5 Å². The Kier molecular flexibility index (Phi) is 5.49. The van der Waals surface area contributed by atoms with Gasteiger partial charge in [0.15, 0.2) is 5.69 Å². The smallest absolute Gasteiger partial charge is 0.280 e. The Balaban J connectivity index is 1.69. The van der Waals surface area contributed by atoms with Crippen LogP contribution in [0.25, 0.3) is 0 Å². The van der Waals surface area contributed by atoms with Crippen LogP contribution in [0.4, 0.5) is 5.69 Å². The lowest BCUT2D eigenvalue weighted by Crippen LogP contribution is -2.35. The van der Waals surface area contributed by atoms with E-state index in [1.54, 1.807) is 19.9 Å². The Bertz CT molecular complexity index is 854. The Morgan fingerprint density at radius 1 is 1.35 bits per heavy atom. The summed E-state index contributed by atoms with van der Waals surface area (Å²) in [5.41, 5.74) is 2.35. The van der Waals surface area contributed by atoms with Gasteiger partial charge in [-0.15, -0.1) is 0 Å². The maximum atomic E-state index is 12.4. The first-order chi connectivity index (χ1) is 12.4. The number of H-pyrrole nitrogens is 1. The van der Waals surface area contributed by atoms with Crippen molar-refractivity contribution in [3.05, 3.63) is 57.3 Å². The molecule has 2 aromatic rings. The van der Waals surface area contributed by atoms with Crippen molar-refractivity contribution < 1.29 is 9.90 Å². The third-order valence-electron chi connectivity index (χ3n) is 4.70. The topological polar surface area (TPSA) is 98.3 Å². The molecule has 0 radical (unpaired) electrons. The minimum atomic E-state index is -0.521. The molecule has 7 nitrogen and oxygen atoms in total. The van der Waals surface area contributed by atoms with E-state index >= 15 is 0 Å². The first-order valence-corrected chi connectivity index (χ1v) is 8.80. The van der Waals surface area contributed by atoms with Crippen molar-refractivity contribution in [2.24, 2.45) is 0 Å². The van der Waals surface area contributed by atoms with Crippen molar-refractivity contribution >= 4 is 11.6 Å². The van der Waals surface area contributed by atoms with E-state index in [1.165, 1.54) is 0 Å². The maximum Gasteiger partial charge on any atom is 0.280 e. The Morgan fingerprint density at radius 3 is 2.81 bits per heavy atom. The fraction of sp³-hybridized carbons (Fsp3) is 0.421. The summed E-state index contributed by atoms with van der Waals surface area (Å²) in [5.74, 6) is -0.521. The number of anilines is 1.